The van der Waals surface area contributed by atoms with E-state index >= 15 is 0 Å². The van der Waals surface area contributed by atoms with Crippen molar-refractivity contribution in [1.29, 1.82) is 0 Å². The first-order valence-electron chi connectivity index (χ1n) is 6.64. The minimum Gasteiger partial charge on any atom is -0.330 e. The number of pyridine rings is 1. The molecule has 0 bridgehead atoms. The van der Waals surface area contributed by atoms with Crippen LogP contribution in [0.2, 0.25) is 0 Å². The van der Waals surface area contributed by atoms with E-state index in [9.17, 15) is 8.42 Å². The molecule has 2 heterocycles. The van der Waals surface area contributed by atoms with Crippen LogP contribution in [0.25, 0.3) is 0 Å². The molecule has 0 unspecified atom stereocenters. The van der Waals surface area contributed by atoms with Gasteiger partial charge in [-0.05, 0) is 37.1 Å². The van der Waals surface area contributed by atoms with Crippen LogP contribution in [0.1, 0.15) is 17.5 Å². The Morgan fingerprint density at radius 3 is 2.90 bits per heavy atom. The summed E-state index contributed by atoms with van der Waals surface area (Å²) in [7, 11) is -3.56. The summed E-state index contributed by atoms with van der Waals surface area (Å²) >= 11 is 0. The summed E-state index contributed by atoms with van der Waals surface area (Å²) in [6, 6.07) is 1.79. The summed E-state index contributed by atoms with van der Waals surface area (Å²) in [5.74, 6) is 0. The highest BCUT2D eigenvalue weighted by molar-refractivity contribution is 7.89. The molecular weight excluding hydrogens is 290 g/mol. The van der Waals surface area contributed by atoms with Gasteiger partial charge in [0.05, 0.1) is 6.20 Å². The topological polar surface area (TPSA) is 103 Å². The number of nitrogens with two attached hydrogens (primary N) is 1. The largest absolute Gasteiger partial charge is 0.330 e. The Hall–Kier alpha value is -1.77. The van der Waals surface area contributed by atoms with Crippen LogP contribution in [-0.4, -0.2) is 29.7 Å². The first-order valence-corrected chi connectivity index (χ1v) is 8.13. The van der Waals surface area contributed by atoms with Crippen LogP contribution in [0.5, 0.6) is 0 Å². The van der Waals surface area contributed by atoms with E-state index in [4.69, 9.17) is 5.73 Å². The van der Waals surface area contributed by atoms with Crippen molar-refractivity contribution in [1.82, 2.24) is 19.5 Å². The van der Waals surface area contributed by atoms with E-state index in [1.807, 2.05) is 6.92 Å². The molecule has 0 saturated carbocycles. The maximum Gasteiger partial charge on any atom is 0.243 e. The summed E-state index contributed by atoms with van der Waals surface area (Å²) in [6.45, 7) is 3.27. The quantitative estimate of drug-likeness (QED) is 0.771. The fourth-order valence-electron chi connectivity index (χ4n) is 1.82. The van der Waals surface area contributed by atoms with Crippen molar-refractivity contribution in [3.05, 3.63) is 42.0 Å². The molecule has 0 aliphatic rings. The Balaban J connectivity index is 2.05. The van der Waals surface area contributed by atoms with E-state index in [0.29, 0.717) is 13.1 Å². The summed E-state index contributed by atoms with van der Waals surface area (Å²) in [5.41, 5.74) is 7.25. The predicted octanol–water partition coefficient (Wildman–Crippen LogP) is 0.414. The van der Waals surface area contributed by atoms with Gasteiger partial charge in [0.25, 0.3) is 0 Å². The van der Waals surface area contributed by atoms with Crippen molar-refractivity contribution < 1.29 is 8.42 Å². The van der Waals surface area contributed by atoms with Crippen LogP contribution in [-0.2, 0) is 23.1 Å². The lowest BCUT2D eigenvalue weighted by Crippen LogP contribution is -2.23. The molecule has 114 valence electrons. The second-order valence-corrected chi connectivity index (χ2v) is 6.48. The molecule has 3 N–H and O–H groups in total. The second kappa shape index (κ2) is 6.79. The van der Waals surface area contributed by atoms with Crippen molar-refractivity contribution in [2.75, 3.05) is 6.54 Å². The van der Waals surface area contributed by atoms with E-state index in [2.05, 4.69) is 14.8 Å². The predicted molar refractivity (Wildman–Crippen MR) is 78.9 cm³/mol. The average Bonchev–Trinajstić information content (AvgIpc) is 2.94. The summed E-state index contributed by atoms with van der Waals surface area (Å²) in [4.78, 5) is 4.14. The van der Waals surface area contributed by atoms with Crippen molar-refractivity contribution in [2.24, 2.45) is 5.73 Å². The summed E-state index contributed by atoms with van der Waals surface area (Å²) in [6.07, 6.45) is 6.95. The third-order valence-electron chi connectivity index (χ3n) is 3.10. The third-order valence-corrected chi connectivity index (χ3v) is 4.46. The van der Waals surface area contributed by atoms with E-state index in [1.54, 1.807) is 23.1 Å². The molecule has 0 aromatic carbocycles. The molecule has 21 heavy (non-hydrogen) atoms. The lowest BCUT2D eigenvalue weighted by molar-refractivity contribution is 0.576. The number of hydrogen-bond donors (Lipinski definition) is 2. The summed E-state index contributed by atoms with van der Waals surface area (Å²) in [5, 5.41) is 4.02. The second-order valence-electron chi connectivity index (χ2n) is 4.71. The van der Waals surface area contributed by atoms with Crippen molar-refractivity contribution >= 4 is 10.0 Å². The van der Waals surface area contributed by atoms with Crippen LogP contribution in [0.15, 0.2) is 35.7 Å². The molecule has 0 radical (unpaired) electrons. The smallest absolute Gasteiger partial charge is 0.243 e. The maximum absolute atomic E-state index is 12.2. The van der Waals surface area contributed by atoms with Crippen LogP contribution >= 0.6 is 0 Å². The highest BCUT2D eigenvalue weighted by Gasteiger charge is 2.16. The number of sulfonamides is 1. The monoisotopic (exact) mass is 309 g/mol. The van der Waals surface area contributed by atoms with Gasteiger partial charge in [0, 0.05) is 31.7 Å². The van der Waals surface area contributed by atoms with Crippen LogP contribution in [0.3, 0.4) is 0 Å². The normalized spacial score (nSPS) is 11.7. The van der Waals surface area contributed by atoms with Gasteiger partial charge >= 0.3 is 0 Å². The Morgan fingerprint density at radius 2 is 2.19 bits per heavy atom. The standard InChI is InChI=1S/C13H19N5O2S/c1-11-7-15-5-3-12(11)8-17-21(19,20)13-9-16-18(10-13)6-2-4-14/h3,5,7,9-10,17H,2,4,6,8,14H2,1H3. The van der Waals surface area contributed by atoms with Crippen LogP contribution < -0.4 is 10.5 Å². The van der Waals surface area contributed by atoms with Crippen molar-refractivity contribution in [3.8, 4) is 0 Å². The lowest BCUT2D eigenvalue weighted by atomic mass is 10.2. The van der Waals surface area contributed by atoms with Gasteiger partial charge in [-0.1, -0.05) is 0 Å². The Bertz CT molecular complexity index is 696. The molecule has 2 aromatic heterocycles. The summed E-state index contributed by atoms with van der Waals surface area (Å²) < 4.78 is 28.5. The first kappa shape index (κ1) is 15.6. The average molecular weight is 309 g/mol. The molecule has 0 spiro atoms. The fourth-order valence-corrected chi connectivity index (χ4v) is 2.77. The van der Waals surface area contributed by atoms with Gasteiger partial charge in [-0.15, -0.1) is 0 Å². The Kier molecular flexibility index (Phi) is 5.05. The number of rotatable bonds is 7. The molecule has 8 heteroatoms. The Labute approximate surface area is 124 Å². The van der Waals surface area contributed by atoms with Gasteiger partial charge < -0.3 is 5.73 Å². The van der Waals surface area contributed by atoms with Crippen LogP contribution in [0.4, 0.5) is 0 Å². The van der Waals surface area contributed by atoms with Gasteiger partial charge in [0.15, 0.2) is 0 Å². The molecule has 0 aliphatic heterocycles. The molecule has 2 rings (SSSR count). The third kappa shape index (κ3) is 4.10. The number of nitrogens with one attached hydrogen (secondary N) is 1. The number of hydrogen-bond acceptors (Lipinski definition) is 5. The number of nitrogens with zero attached hydrogens (tertiary/aromatic N) is 3. The fraction of sp³-hybridized carbons (Fsp3) is 0.385. The minimum atomic E-state index is -3.56. The Morgan fingerprint density at radius 1 is 1.38 bits per heavy atom. The van der Waals surface area contributed by atoms with E-state index < -0.39 is 10.0 Å². The van der Waals surface area contributed by atoms with Gasteiger partial charge in [-0.2, -0.15) is 5.10 Å². The first-order chi connectivity index (χ1) is 10.0. The van der Waals surface area contributed by atoms with Crippen molar-refractivity contribution in [3.63, 3.8) is 0 Å². The SMILES string of the molecule is Cc1cnccc1CNS(=O)(=O)c1cnn(CCCN)c1. The lowest BCUT2D eigenvalue weighted by Gasteiger charge is -2.07. The maximum atomic E-state index is 12.2. The molecule has 7 nitrogen and oxygen atoms in total. The molecule has 0 fully saturated rings. The van der Waals surface area contributed by atoms with Gasteiger partial charge in [-0.25, -0.2) is 13.1 Å². The highest BCUT2D eigenvalue weighted by Crippen LogP contribution is 2.10. The zero-order valence-corrected chi connectivity index (χ0v) is 12.7. The van der Waals surface area contributed by atoms with Gasteiger partial charge in [0.1, 0.15) is 4.90 Å². The van der Waals surface area contributed by atoms with Crippen molar-refractivity contribution in [2.45, 2.75) is 31.3 Å². The van der Waals surface area contributed by atoms with E-state index in [0.717, 1.165) is 17.5 Å². The van der Waals surface area contributed by atoms with Crippen LogP contribution in [0, 0.1) is 6.92 Å². The van der Waals surface area contributed by atoms with Gasteiger partial charge in [0.2, 0.25) is 10.0 Å². The zero-order valence-electron chi connectivity index (χ0n) is 11.9. The number of aromatic nitrogens is 3. The number of aryl methyl sites for hydroxylation is 2. The highest BCUT2D eigenvalue weighted by atomic mass is 32.2. The van der Waals surface area contributed by atoms with Gasteiger partial charge in [-0.3, -0.25) is 9.67 Å². The molecule has 0 saturated heterocycles. The minimum absolute atomic E-state index is 0.159. The molecule has 0 amide bonds. The molecule has 0 aliphatic carbocycles. The molecule has 2 aromatic rings. The zero-order chi connectivity index (χ0) is 15.3. The van der Waals surface area contributed by atoms with E-state index in [-0.39, 0.29) is 11.4 Å². The molecule has 0 atom stereocenters. The molecular formula is C13H19N5O2S. The van der Waals surface area contributed by atoms with E-state index in [1.165, 1.54) is 12.4 Å².